The second kappa shape index (κ2) is 8.25. The van der Waals surface area contributed by atoms with Crippen molar-refractivity contribution >= 4 is 5.78 Å². The molecule has 0 spiro atoms. The second-order valence-electron chi connectivity index (χ2n) is 5.14. The quantitative estimate of drug-likeness (QED) is 0.519. The Hall–Kier alpha value is -2.09. The van der Waals surface area contributed by atoms with Gasteiger partial charge in [0.15, 0.2) is 5.78 Å². The van der Waals surface area contributed by atoms with Crippen LogP contribution in [-0.2, 0) is 6.42 Å². The summed E-state index contributed by atoms with van der Waals surface area (Å²) in [6.45, 7) is 2.75. The fourth-order valence-electron chi connectivity index (χ4n) is 2.23. The first-order valence-corrected chi connectivity index (χ1v) is 7.59. The van der Waals surface area contributed by atoms with Crippen molar-refractivity contribution in [1.29, 1.82) is 0 Å². The molecule has 0 aromatic heterocycles. The molecule has 0 saturated carbocycles. The lowest BCUT2D eigenvalue weighted by Crippen LogP contribution is -2.03. The van der Waals surface area contributed by atoms with Crippen LogP contribution in [0.2, 0.25) is 0 Å². The van der Waals surface area contributed by atoms with Crippen LogP contribution >= 0.6 is 0 Å². The van der Waals surface area contributed by atoms with Gasteiger partial charge in [0.05, 0.1) is 6.61 Å². The number of hydrogen-bond donors (Lipinski definition) is 0. The van der Waals surface area contributed by atoms with E-state index in [4.69, 9.17) is 4.74 Å². The fourth-order valence-corrected chi connectivity index (χ4v) is 2.23. The highest BCUT2D eigenvalue weighted by molar-refractivity contribution is 5.95. The predicted octanol–water partition coefficient (Wildman–Crippen LogP) is 4.68. The third-order valence-electron chi connectivity index (χ3n) is 3.37. The molecule has 0 amide bonds. The summed E-state index contributed by atoms with van der Waals surface area (Å²) in [7, 11) is 0. The highest BCUT2D eigenvalue weighted by atomic mass is 16.5. The van der Waals surface area contributed by atoms with Gasteiger partial charge in [0.25, 0.3) is 0 Å². The van der Waals surface area contributed by atoms with Gasteiger partial charge in [0.2, 0.25) is 0 Å². The van der Waals surface area contributed by atoms with Crippen molar-refractivity contribution < 1.29 is 9.53 Å². The van der Waals surface area contributed by atoms with Crippen LogP contribution in [0.5, 0.6) is 5.75 Å². The highest BCUT2D eigenvalue weighted by Crippen LogP contribution is 2.14. The van der Waals surface area contributed by atoms with Crippen LogP contribution in [0, 0.1) is 0 Å². The summed E-state index contributed by atoms with van der Waals surface area (Å²) in [5.41, 5.74) is 2.12. The number of Topliss-reactive ketones (excluding diaryl/α,β-unsaturated/α-hetero) is 1. The van der Waals surface area contributed by atoms with Crippen molar-refractivity contribution in [2.75, 3.05) is 6.61 Å². The van der Waals surface area contributed by atoms with Crippen LogP contribution in [0.3, 0.4) is 0 Å². The molecule has 2 rings (SSSR count). The van der Waals surface area contributed by atoms with Gasteiger partial charge in [-0.2, -0.15) is 0 Å². The van der Waals surface area contributed by atoms with E-state index in [0.29, 0.717) is 13.0 Å². The molecule has 0 aliphatic carbocycles. The van der Waals surface area contributed by atoms with Gasteiger partial charge >= 0.3 is 0 Å². The number of hydrogen-bond acceptors (Lipinski definition) is 2. The van der Waals surface area contributed by atoms with Gasteiger partial charge in [-0.05, 0) is 30.5 Å². The van der Waals surface area contributed by atoms with Crippen LogP contribution < -0.4 is 4.74 Å². The molecule has 0 N–H and O–H groups in total. The number of rotatable bonds is 8. The Balaban J connectivity index is 1.71. The van der Waals surface area contributed by atoms with Crippen LogP contribution in [0.15, 0.2) is 54.6 Å². The van der Waals surface area contributed by atoms with Gasteiger partial charge in [-0.1, -0.05) is 55.8 Å². The summed E-state index contributed by atoms with van der Waals surface area (Å²) in [4.78, 5) is 11.9. The van der Waals surface area contributed by atoms with Crippen molar-refractivity contribution in [2.24, 2.45) is 0 Å². The Bertz CT molecular complexity index is 544. The lowest BCUT2D eigenvalue weighted by Gasteiger charge is -2.07. The summed E-state index contributed by atoms with van der Waals surface area (Å²) in [6, 6.07) is 17.6. The summed E-state index contributed by atoms with van der Waals surface area (Å²) >= 11 is 0. The van der Waals surface area contributed by atoms with Crippen LogP contribution in [-0.4, -0.2) is 12.4 Å². The molecule has 0 aliphatic heterocycles. The summed E-state index contributed by atoms with van der Waals surface area (Å²) in [5.74, 6) is 1.06. The zero-order valence-corrected chi connectivity index (χ0v) is 12.5. The van der Waals surface area contributed by atoms with Crippen molar-refractivity contribution in [2.45, 2.75) is 32.6 Å². The van der Waals surface area contributed by atoms with E-state index in [0.717, 1.165) is 30.6 Å². The lowest BCUT2D eigenvalue weighted by molar-refractivity contribution is 0.0973. The zero-order chi connectivity index (χ0) is 14.9. The topological polar surface area (TPSA) is 26.3 Å². The van der Waals surface area contributed by atoms with Crippen LogP contribution in [0.25, 0.3) is 0 Å². The van der Waals surface area contributed by atoms with E-state index >= 15 is 0 Å². The third kappa shape index (κ3) is 5.07. The van der Waals surface area contributed by atoms with E-state index in [9.17, 15) is 4.79 Å². The lowest BCUT2D eigenvalue weighted by atomic mass is 10.1. The van der Waals surface area contributed by atoms with Crippen molar-refractivity contribution in [1.82, 2.24) is 0 Å². The third-order valence-corrected chi connectivity index (χ3v) is 3.37. The van der Waals surface area contributed by atoms with E-state index in [1.54, 1.807) is 0 Å². The van der Waals surface area contributed by atoms with Crippen molar-refractivity contribution in [3.05, 3.63) is 65.7 Å². The average Bonchev–Trinajstić information content (AvgIpc) is 2.54. The van der Waals surface area contributed by atoms with Gasteiger partial charge in [0.1, 0.15) is 5.75 Å². The van der Waals surface area contributed by atoms with E-state index in [1.165, 1.54) is 5.56 Å². The SMILES string of the molecule is CCCc1ccc(OCCCC(=O)c2ccccc2)cc1. The van der Waals surface area contributed by atoms with E-state index < -0.39 is 0 Å². The Labute approximate surface area is 126 Å². The van der Waals surface area contributed by atoms with Crippen molar-refractivity contribution in [3.8, 4) is 5.75 Å². The normalized spacial score (nSPS) is 10.3. The van der Waals surface area contributed by atoms with Gasteiger partial charge < -0.3 is 4.74 Å². The Morgan fingerprint density at radius 1 is 1.00 bits per heavy atom. The van der Waals surface area contributed by atoms with Gasteiger partial charge in [-0.3, -0.25) is 4.79 Å². The van der Waals surface area contributed by atoms with E-state index in [2.05, 4.69) is 19.1 Å². The smallest absolute Gasteiger partial charge is 0.163 e. The summed E-state index contributed by atoms with van der Waals surface area (Å²) < 4.78 is 5.67. The van der Waals surface area contributed by atoms with Gasteiger partial charge in [0, 0.05) is 12.0 Å². The molecule has 110 valence electrons. The molecule has 0 radical (unpaired) electrons. The Morgan fingerprint density at radius 3 is 2.38 bits per heavy atom. The Kier molecular flexibility index (Phi) is 6.01. The minimum Gasteiger partial charge on any atom is -0.494 e. The molecule has 0 bridgehead atoms. The minimum atomic E-state index is 0.178. The highest BCUT2D eigenvalue weighted by Gasteiger charge is 2.04. The number of carbonyl (C=O) groups is 1. The monoisotopic (exact) mass is 282 g/mol. The molecule has 0 heterocycles. The number of aryl methyl sites for hydroxylation is 1. The van der Waals surface area contributed by atoms with Crippen LogP contribution in [0.1, 0.15) is 42.1 Å². The number of benzene rings is 2. The maximum atomic E-state index is 11.9. The summed E-state index contributed by atoms with van der Waals surface area (Å²) in [5, 5.41) is 0. The molecule has 0 aliphatic rings. The number of ketones is 1. The molecule has 0 saturated heterocycles. The summed E-state index contributed by atoms with van der Waals surface area (Å²) in [6.07, 6.45) is 3.52. The first-order chi connectivity index (χ1) is 10.3. The van der Waals surface area contributed by atoms with E-state index in [-0.39, 0.29) is 5.78 Å². The van der Waals surface area contributed by atoms with Crippen LogP contribution in [0.4, 0.5) is 0 Å². The molecule has 21 heavy (non-hydrogen) atoms. The maximum absolute atomic E-state index is 11.9. The molecule has 0 fully saturated rings. The largest absolute Gasteiger partial charge is 0.494 e. The van der Waals surface area contributed by atoms with Gasteiger partial charge in [-0.25, -0.2) is 0 Å². The molecule has 0 unspecified atom stereocenters. The molecule has 0 atom stereocenters. The molecular formula is C19H22O2. The first-order valence-electron chi connectivity index (χ1n) is 7.59. The number of carbonyl (C=O) groups excluding carboxylic acids is 1. The van der Waals surface area contributed by atoms with Gasteiger partial charge in [-0.15, -0.1) is 0 Å². The Morgan fingerprint density at radius 2 is 1.71 bits per heavy atom. The first kappa shape index (κ1) is 15.3. The second-order valence-corrected chi connectivity index (χ2v) is 5.14. The predicted molar refractivity (Wildman–Crippen MR) is 85.9 cm³/mol. The maximum Gasteiger partial charge on any atom is 0.163 e. The molecule has 2 nitrogen and oxygen atoms in total. The van der Waals surface area contributed by atoms with Crippen molar-refractivity contribution in [3.63, 3.8) is 0 Å². The average molecular weight is 282 g/mol. The molecule has 2 aromatic carbocycles. The molecule has 2 heteroatoms. The fraction of sp³-hybridized carbons (Fsp3) is 0.316. The number of ether oxygens (including phenoxy) is 1. The molecule has 2 aromatic rings. The minimum absolute atomic E-state index is 0.178. The standard InChI is InChI=1S/C19H22O2/c1-2-7-16-11-13-18(14-12-16)21-15-6-10-19(20)17-8-4-3-5-9-17/h3-5,8-9,11-14H,2,6-7,10,15H2,1H3. The molecular weight excluding hydrogens is 260 g/mol. The zero-order valence-electron chi connectivity index (χ0n) is 12.5. The van der Waals surface area contributed by atoms with E-state index in [1.807, 2.05) is 42.5 Å².